The van der Waals surface area contributed by atoms with Gasteiger partial charge in [0.25, 0.3) is 0 Å². The molecule has 0 saturated carbocycles. The molecular formula is C10H14FNS. The van der Waals surface area contributed by atoms with Crippen LogP contribution in [-0.2, 0) is 0 Å². The molecule has 1 aromatic heterocycles. The Hall–Kier alpha value is -0.410. The molecule has 1 saturated heterocycles. The van der Waals surface area contributed by atoms with Gasteiger partial charge in [-0.1, -0.05) is 0 Å². The van der Waals surface area contributed by atoms with Gasteiger partial charge in [-0.25, -0.2) is 0 Å². The highest BCUT2D eigenvalue weighted by molar-refractivity contribution is 7.12. The van der Waals surface area contributed by atoms with Crippen LogP contribution in [0.15, 0.2) is 12.1 Å². The highest BCUT2D eigenvalue weighted by atomic mass is 32.1. The van der Waals surface area contributed by atoms with Gasteiger partial charge < -0.3 is 5.32 Å². The SMILES string of the molecule is Cc1ccc(C2CNCC2CF)s1. The number of hydrogen-bond acceptors (Lipinski definition) is 2. The number of halogens is 1. The number of aryl methyl sites for hydroxylation is 1. The van der Waals surface area contributed by atoms with Crippen LogP contribution in [0.1, 0.15) is 15.7 Å². The first-order valence-electron chi connectivity index (χ1n) is 4.64. The van der Waals surface area contributed by atoms with Crippen LogP contribution in [0, 0.1) is 12.8 Å². The molecule has 0 spiro atoms. The lowest BCUT2D eigenvalue weighted by Gasteiger charge is -2.12. The van der Waals surface area contributed by atoms with Crippen LogP contribution in [0.3, 0.4) is 0 Å². The van der Waals surface area contributed by atoms with Crippen molar-refractivity contribution < 1.29 is 4.39 Å². The van der Waals surface area contributed by atoms with Crippen LogP contribution in [0.25, 0.3) is 0 Å². The molecule has 1 aliphatic rings. The summed E-state index contributed by atoms with van der Waals surface area (Å²) in [6, 6.07) is 4.26. The summed E-state index contributed by atoms with van der Waals surface area (Å²) in [5.41, 5.74) is 0. The molecular weight excluding hydrogens is 185 g/mol. The Labute approximate surface area is 82.0 Å². The van der Waals surface area contributed by atoms with Gasteiger partial charge in [0.2, 0.25) is 0 Å². The van der Waals surface area contributed by atoms with Crippen LogP contribution < -0.4 is 5.32 Å². The van der Waals surface area contributed by atoms with Crippen molar-refractivity contribution in [2.24, 2.45) is 5.92 Å². The first-order valence-corrected chi connectivity index (χ1v) is 5.46. The third kappa shape index (κ3) is 1.76. The molecule has 1 nitrogen and oxygen atoms in total. The molecule has 1 aliphatic heterocycles. The van der Waals surface area contributed by atoms with E-state index >= 15 is 0 Å². The number of thiophene rings is 1. The average Bonchev–Trinajstić information content (AvgIpc) is 2.71. The monoisotopic (exact) mass is 199 g/mol. The summed E-state index contributed by atoms with van der Waals surface area (Å²) in [5, 5.41) is 3.25. The summed E-state index contributed by atoms with van der Waals surface area (Å²) in [6.07, 6.45) is 0. The Balaban J connectivity index is 2.15. The number of hydrogen-bond donors (Lipinski definition) is 1. The van der Waals surface area contributed by atoms with Gasteiger partial charge in [0.15, 0.2) is 0 Å². The van der Waals surface area contributed by atoms with Gasteiger partial charge in [-0.15, -0.1) is 11.3 Å². The third-order valence-corrected chi connectivity index (χ3v) is 3.80. The van der Waals surface area contributed by atoms with Crippen LogP contribution in [0.5, 0.6) is 0 Å². The second kappa shape index (κ2) is 3.76. The molecule has 1 aromatic rings. The maximum Gasteiger partial charge on any atom is 0.0941 e. The first-order chi connectivity index (χ1) is 6.31. The second-order valence-corrected chi connectivity index (χ2v) is 4.95. The Morgan fingerprint density at radius 2 is 2.38 bits per heavy atom. The Bertz CT molecular complexity index is 284. The maximum atomic E-state index is 12.6. The van der Waals surface area contributed by atoms with E-state index in [9.17, 15) is 4.39 Å². The molecule has 2 atom stereocenters. The number of nitrogens with one attached hydrogen (secondary N) is 1. The second-order valence-electron chi connectivity index (χ2n) is 3.63. The summed E-state index contributed by atoms with van der Waals surface area (Å²) >= 11 is 1.80. The zero-order valence-corrected chi connectivity index (χ0v) is 8.53. The van der Waals surface area contributed by atoms with Crippen molar-refractivity contribution >= 4 is 11.3 Å². The predicted molar refractivity (Wildman–Crippen MR) is 54.1 cm³/mol. The fraction of sp³-hybridized carbons (Fsp3) is 0.600. The van der Waals surface area contributed by atoms with E-state index in [0.29, 0.717) is 5.92 Å². The van der Waals surface area contributed by atoms with Gasteiger partial charge in [0.05, 0.1) is 6.67 Å². The molecule has 0 aromatic carbocycles. The molecule has 13 heavy (non-hydrogen) atoms. The lowest BCUT2D eigenvalue weighted by molar-refractivity contribution is 0.360. The molecule has 1 N–H and O–H groups in total. The van der Waals surface area contributed by atoms with Gasteiger partial charge in [0, 0.05) is 34.7 Å². The summed E-state index contributed by atoms with van der Waals surface area (Å²) in [5.74, 6) is 0.599. The minimum absolute atomic E-state index is 0.193. The Kier molecular flexibility index (Phi) is 2.65. The Morgan fingerprint density at radius 1 is 1.54 bits per heavy atom. The third-order valence-electron chi connectivity index (χ3n) is 2.66. The quantitative estimate of drug-likeness (QED) is 0.771. The largest absolute Gasteiger partial charge is 0.316 e. The minimum Gasteiger partial charge on any atom is -0.316 e. The fourth-order valence-electron chi connectivity index (χ4n) is 1.88. The number of rotatable bonds is 2. The van der Waals surface area contributed by atoms with Crippen LogP contribution in [-0.4, -0.2) is 19.8 Å². The van der Waals surface area contributed by atoms with Crippen molar-refractivity contribution in [2.45, 2.75) is 12.8 Å². The van der Waals surface area contributed by atoms with Crippen molar-refractivity contribution in [3.63, 3.8) is 0 Å². The van der Waals surface area contributed by atoms with E-state index in [0.717, 1.165) is 13.1 Å². The van der Waals surface area contributed by atoms with Crippen molar-refractivity contribution in [3.8, 4) is 0 Å². The molecule has 72 valence electrons. The smallest absolute Gasteiger partial charge is 0.0941 e. The van der Waals surface area contributed by atoms with Gasteiger partial charge in [0.1, 0.15) is 0 Å². The summed E-state index contributed by atoms with van der Waals surface area (Å²) < 4.78 is 12.6. The summed E-state index contributed by atoms with van der Waals surface area (Å²) in [6.45, 7) is 3.67. The lowest BCUT2D eigenvalue weighted by atomic mass is 9.96. The minimum atomic E-state index is -0.200. The van der Waals surface area contributed by atoms with E-state index in [1.165, 1.54) is 9.75 Å². The Morgan fingerprint density at radius 3 is 3.00 bits per heavy atom. The predicted octanol–water partition coefficient (Wildman–Crippen LogP) is 2.33. The van der Waals surface area contributed by atoms with Gasteiger partial charge in [-0.2, -0.15) is 0 Å². The topological polar surface area (TPSA) is 12.0 Å². The van der Waals surface area contributed by atoms with E-state index in [2.05, 4.69) is 24.4 Å². The summed E-state index contributed by atoms with van der Waals surface area (Å²) in [4.78, 5) is 2.66. The zero-order valence-electron chi connectivity index (χ0n) is 7.72. The molecule has 2 rings (SSSR count). The van der Waals surface area contributed by atoms with E-state index < -0.39 is 0 Å². The zero-order chi connectivity index (χ0) is 9.26. The van der Waals surface area contributed by atoms with E-state index in [1.807, 2.05) is 0 Å². The molecule has 0 bridgehead atoms. The van der Waals surface area contributed by atoms with Gasteiger partial charge in [-0.3, -0.25) is 4.39 Å². The number of alkyl halides is 1. The normalized spacial score (nSPS) is 28.2. The van der Waals surface area contributed by atoms with Gasteiger partial charge >= 0.3 is 0 Å². The maximum absolute atomic E-state index is 12.6. The molecule has 3 heteroatoms. The van der Waals surface area contributed by atoms with Crippen LogP contribution in [0.4, 0.5) is 4.39 Å². The van der Waals surface area contributed by atoms with Crippen molar-refractivity contribution in [3.05, 3.63) is 21.9 Å². The highest BCUT2D eigenvalue weighted by Gasteiger charge is 2.28. The molecule has 0 amide bonds. The van der Waals surface area contributed by atoms with E-state index in [-0.39, 0.29) is 12.6 Å². The molecule has 1 fully saturated rings. The molecule has 2 unspecified atom stereocenters. The molecule has 2 heterocycles. The molecule has 0 aliphatic carbocycles. The van der Waals surface area contributed by atoms with Crippen molar-refractivity contribution in [2.75, 3.05) is 19.8 Å². The standard InChI is InChI=1S/C10H14FNS/c1-7-2-3-10(13-7)9-6-12-5-8(9)4-11/h2-3,8-9,12H,4-6H2,1H3. The van der Waals surface area contributed by atoms with E-state index in [4.69, 9.17) is 0 Å². The fourth-order valence-corrected chi connectivity index (χ4v) is 2.95. The first kappa shape index (κ1) is 9.16. The highest BCUT2D eigenvalue weighted by Crippen LogP contribution is 2.32. The molecule has 0 radical (unpaired) electrons. The average molecular weight is 199 g/mol. The van der Waals surface area contributed by atoms with Crippen molar-refractivity contribution in [1.82, 2.24) is 5.32 Å². The van der Waals surface area contributed by atoms with E-state index in [1.54, 1.807) is 11.3 Å². The van der Waals surface area contributed by atoms with Gasteiger partial charge in [-0.05, 0) is 19.1 Å². The lowest BCUT2D eigenvalue weighted by Crippen LogP contribution is -2.11. The van der Waals surface area contributed by atoms with Crippen LogP contribution >= 0.6 is 11.3 Å². The van der Waals surface area contributed by atoms with Crippen LogP contribution in [0.2, 0.25) is 0 Å². The summed E-state index contributed by atoms with van der Waals surface area (Å²) in [7, 11) is 0. The van der Waals surface area contributed by atoms with Crippen molar-refractivity contribution in [1.29, 1.82) is 0 Å².